The molecule has 3 rings (SSSR count). The molecule has 1 amide bonds. The lowest BCUT2D eigenvalue weighted by molar-refractivity contribution is -0.122. The monoisotopic (exact) mass is 528 g/mol. The van der Waals surface area contributed by atoms with Gasteiger partial charge in [0.05, 0.1) is 8.95 Å². The second-order valence-electron chi connectivity index (χ2n) is 5.73. The molecule has 0 unspecified atom stereocenters. The summed E-state index contributed by atoms with van der Waals surface area (Å²) in [5.41, 5.74) is 2.18. The Balaban J connectivity index is 1.81. The van der Waals surface area contributed by atoms with Crippen LogP contribution in [0.15, 0.2) is 51.0 Å². The van der Waals surface area contributed by atoms with Crippen LogP contribution in [0.25, 0.3) is 6.08 Å². The predicted octanol–water partition coefficient (Wildman–Crippen LogP) is 5.52. The Kier molecular flexibility index (Phi) is 6.57. The number of amides is 1. The Morgan fingerprint density at radius 2 is 1.93 bits per heavy atom. The molecule has 0 spiro atoms. The fourth-order valence-corrected chi connectivity index (χ4v) is 4.55. The second-order valence-corrected chi connectivity index (χ2v) is 8.23. The third-order valence-electron chi connectivity index (χ3n) is 3.94. The van der Waals surface area contributed by atoms with E-state index in [0.717, 1.165) is 20.1 Å². The molecule has 4 nitrogen and oxygen atoms in total. The summed E-state index contributed by atoms with van der Waals surface area (Å²) in [5.74, 6) is 0.530. The third-order valence-corrected chi connectivity index (χ3v) is 5.81. The standard InChI is InChI=1S/C19H15Br2ClN2O2S/c1-2-24-18(25)16(23-19(24)27)9-11-7-13(20)17(14(21)8-11)26-10-12-5-3-4-6-15(12)22/h3-9H,2,10H2,1H3,(H,23,27)/b16-9-. The molecule has 0 aromatic heterocycles. The summed E-state index contributed by atoms with van der Waals surface area (Å²) in [7, 11) is 0. The highest BCUT2D eigenvalue weighted by Gasteiger charge is 2.29. The smallest absolute Gasteiger partial charge is 0.276 e. The first-order valence-corrected chi connectivity index (χ1v) is 10.5. The normalized spacial score (nSPS) is 15.4. The number of thiocarbonyl (C=S) groups is 1. The molecule has 140 valence electrons. The summed E-state index contributed by atoms with van der Waals surface area (Å²) in [5, 5.41) is 4.04. The third kappa shape index (κ3) is 4.54. The number of hydrogen-bond acceptors (Lipinski definition) is 3. The molecule has 2 aromatic rings. The minimum absolute atomic E-state index is 0.131. The first-order valence-electron chi connectivity index (χ1n) is 8.10. The lowest BCUT2D eigenvalue weighted by Gasteiger charge is -2.12. The van der Waals surface area contributed by atoms with Crippen LogP contribution in [0.3, 0.4) is 0 Å². The van der Waals surface area contributed by atoms with E-state index in [1.807, 2.05) is 43.3 Å². The average molecular weight is 531 g/mol. The Bertz CT molecular complexity index is 926. The van der Waals surface area contributed by atoms with E-state index in [9.17, 15) is 4.79 Å². The molecule has 1 aliphatic heterocycles. The van der Waals surface area contributed by atoms with Crippen molar-refractivity contribution < 1.29 is 9.53 Å². The molecular weight excluding hydrogens is 516 g/mol. The quantitative estimate of drug-likeness (QED) is 0.408. The summed E-state index contributed by atoms with van der Waals surface area (Å²) in [4.78, 5) is 13.8. The molecule has 27 heavy (non-hydrogen) atoms. The van der Waals surface area contributed by atoms with Gasteiger partial charge in [0.1, 0.15) is 18.1 Å². The van der Waals surface area contributed by atoms with Crippen molar-refractivity contribution in [2.45, 2.75) is 13.5 Å². The minimum atomic E-state index is -0.131. The summed E-state index contributed by atoms with van der Waals surface area (Å²) in [6, 6.07) is 11.3. The van der Waals surface area contributed by atoms with Crippen molar-refractivity contribution in [3.63, 3.8) is 0 Å². The summed E-state index contributed by atoms with van der Waals surface area (Å²) in [6.45, 7) is 2.76. The van der Waals surface area contributed by atoms with Crippen LogP contribution < -0.4 is 10.1 Å². The van der Waals surface area contributed by atoms with E-state index in [1.165, 1.54) is 4.90 Å². The summed E-state index contributed by atoms with van der Waals surface area (Å²) >= 11 is 18.4. The number of nitrogens with zero attached hydrogens (tertiary/aromatic N) is 1. The van der Waals surface area contributed by atoms with E-state index in [-0.39, 0.29) is 5.91 Å². The maximum atomic E-state index is 12.3. The molecule has 0 radical (unpaired) electrons. The van der Waals surface area contributed by atoms with Gasteiger partial charge in [-0.25, -0.2) is 0 Å². The number of benzene rings is 2. The van der Waals surface area contributed by atoms with Crippen molar-refractivity contribution in [1.29, 1.82) is 0 Å². The van der Waals surface area contributed by atoms with Gasteiger partial charge in [-0.1, -0.05) is 29.8 Å². The second kappa shape index (κ2) is 8.73. The fourth-order valence-electron chi connectivity index (χ4n) is 2.59. The SMILES string of the molecule is CCN1C(=O)/C(=C/c2cc(Br)c(OCc3ccccc3Cl)c(Br)c2)NC1=S. The zero-order chi connectivity index (χ0) is 19.6. The first-order chi connectivity index (χ1) is 12.9. The lowest BCUT2D eigenvalue weighted by atomic mass is 10.2. The Hall–Kier alpha value is -1.41. The first kappa shape index (κ1) is 20.3. The van der Waals surface area contributed by atoms with Crippen molar-refractivity contribution in [3.05, 3.63) is 67.2 Å². The van der Waals surface area contributed by atoms with Crippen molar-refractivity contribution in [2.24, 2.45) is 0 Å². The van der Waals surface area contributed by atoms with E-state index in [4.69, 9.17) is 28.6 Å². The molecule has 1 saturated heterocycles. The van der Waals surface area contributed by atoms with Crippen LogP contribution in [0.2, 0.25) is 5.02 Å². The number of carbonyl (C=O) groups excluding carboxylic acids is 1. The molecular formula is C19H15Br2ClN2O2S. The van der Waals surface area contributed by atoms with Crippen LogP contribution in [0.5, 0.6) is 5.75 Å². The van der Waals surface area contributed by atoms with E-state index in [2.05, 4.69) is 37.2 Å². The fraction of sp³-hybridized carbons (Fsp3) is 0.158. The zero-order valence-electron chi connectivity index (χ0n) is 14.3. The highest BCUT2D eigenvalue weighted by molar-refractivity contribution is 9.11. The van der Waals surface area contributed by atoms with Crippen LogP contribution in [-0.2, 0) is 11.4 Å². The number of carbonyl (C=O) groups is 1. The van der Waals surface area contributed by atoms with Gasteiger partial charge in [-0.3, -0.25) is 9.69 Å². The van der Waals surface area contributed by atoms with Crippen molar-refractivity contribution in [2.75, 3.05) is 6.54 Å². The molecule has 1 aliphatic rings. The molecule has 0 aliphatic carbocycles. The highest BCUT2D eigenvalue weighted by Crippen LogP contribution is 2.36. The van der Waals surface area contributed by atoms with E-state index in [0.29, 0.717) is 34.7 Å². The number of hydrogen-bond donors (Lipinski definition) is 1. The minimum Gasteiger partial charge on any atom is -0.486 e. The van der Waals surface area contributed by atoms with Gasteiger partial charge in [0.15, 0.2) is 5.11 Å². The lowest BCUT2D eigenvalue weighted by Crippen LogP contribution is -2.30. The molecule has 0 saturated carbocycles. The number of nitrogens with one attached hydrogen (secondary N) is 1. The number of ether oxygens (including phenoxy) is 1. The Morgan fingerprint density at radius 1 is 1.26 bits per heavy atom. The largest absolute Gasteiger partial charge is 0.486 e. The van der Waals surface area contributed by atoms with Crippen LogP contribution >= 0.6 is 55.7 Å². The molecule has 1 heterocycles. The average Bonchev–Trinajstić information content (AvgIpc) is 2.88. The van der Waals surface area contributed by atoms with Gasteiger partial charge >= 0.3 is 0 Å². The number of likely N-dealkylation sites (N-methyl/N-ethyl adjacent to an activating group) is 1. The topological polar surface area (TPSA) is 41.6 Å². The summed E-state index contributed by atoms with van der Waals surface area (Å²) in [6.07, 6.45) is 1.76. The van der Waals surface area contributed by atoms with Crippen LogP contribution in [0.4, 0.5) is 0 Å². The van der Waals surface area contributed by atoms with Crippen LogP contribution in [-0.4, -0.2) is 22.5 Å². The van der Waals surface area contributed by atoms with Crippen molar-refractivity contribution in [1.82, 2.24) is 10.2 Å². The number of rotatable bonds is 5. The van der Waals surface area contributed by atoms with Gasteiger partial charge < -0.3 is 10.1 Å². The Morgan fingerprint density at radius 3 is 2.52 bits per heavy atom. The van der Waals surface area contributed by atoms with Gasteiger partial charge in [0, 0.05) is 17.1 Å². The van der Waals surface area contributed by atoms with E-state index < -0.39 is 0 Å². The van der Waals surface area contributed by atoms with Crippen molar-refractivity contribution in [3.8, 4) is 5.75 Å². The molecule has 8 heteroatoms. The maximum Gasteiger partial charge on any atom is 0.276 e. The molecule has 1 N–H and O–H groups in total. The molecule has 0 atom stereocenters. The van der Waals surface area contributed by atoms with E-state index in [1.54, 1.807) is 6.08 Å². The maximum absolute atomic E-state index is 12.3. The molecule has 2 aromatic carbocycles. The van der Waals surface area contributed by atoms with E-state index >= 15 is 0 Å². The van der Waals surface area contributed by atoms with Gasteiger partial charge in [0.25, 0.3) is 5.91 Å². The van der Waals surface area contributed by atoms with Gasteiger partial charge in [-0.05, 0) is 80.8 Å². The predicted molar refractivity (Wildman–Crippen MR) is 119 cm³/mol. The van der Waals surface area contributed by atoms with Crippen molar-refractivity contribution >= 4 is 72.8 Å². The number of halogens is 3. The zero-order valence-corrected chi connectivity index (χ0v) is 19.0. The van der Waals surface area contributed by atoms with Crippen LogP contribution in [0, 0.1) is 0 Å². The van der Waals surface area contributed by atoms with Crippen LogP contribution in [0.1, 0.15) is 18.1 Å². The van der Waals surface area contributed by atoms with Gasteiger partial charge in [-0.2, -0.15) is 0 Å². The summed E-state index contributed by atoms with van der Waals surface area (Å²) < 4.78 is 7.44. The Labute approximate surface area is 184 Å². The highest BCUT2D eigenvalue weighted by atomic mass is 79.9. The molecule has 0 bridgehead atoms. The van der Waals surface area contributed by atoms with Gasteiger partial charge in [-0.15, -0.1) is 0 Å². The van der Waals surface area contributed by atoms with Gasteiger partial charge in [0.2, 0.25) is 0 Å². The molecule has 1 fully saturated rings.